The van der Waals surface area contributed by atoms with Crippen molar-refractivity contribution in [2.75, 3.05) is 11.9 Å². The van der Waals surface area contributed by atoms with E-state index in [0.717, 1.165) is 36.9 Å². The van der Waals surface area contributed by atoms with Gasteiger partial charge in [-0.2, -0.15) is 0 Å². The third-order valence-corrected chi connectivity index (χ3v) is 5.18. The molecule has 0 heterocycles. The topological polar surface area (TPSA) is 75.4 Å². The van der Waals surface area contributed by atoms with E-state index >= 15 is 0 Å². The zero-order valence-electron chi connectivity index (χ0n) is 15.4. The molecule has 6 heteroatoms. The molecule has 0 aliphatic heterocycles. The predicted octanol–water partition coefficient (Wildman–Crippen LogP) is 3.32. The average molecular weight is 368 g/mol. The van der Waals surface area contributed by atoms with Crippen LogP contribution in [0.2, 0.25) is 0 Å². The fourth-order valence-electron chi connectivity index (χ4n) is 2.99. The summed E-state index contributed by atoms with van der Waals surface area (Å²) in [7, 11) is 0. The van der Waals surface area contributed by atoms with Gasteiger partial charge in [0, 0.05) is 31.7 Å². The largest absolute Gasteiger partial charge is 0.336 e. The summed E-state index contributed by atoms with van der Waals surface area (Å²) in [5.41, 5.74) is 7.17. The zero-order valence-corrected chi connectivity index (χ0v) is 16.2. The second-order valence-corrected chi connectivity index (χ2v) is 6.72. The fraction of sp³-hybridized carbons (Fsp3) is 0.579. The first-order chi connectivity index (χ1) is 11.5. The standard InChI is InChI=1S/C19H29N3O2.ClH/c1-4-19(5-2,13-20)18(24)21-16-8-6-15(7-9-16)12-22(14(3)23)17-10-11-17;/h6-9,17H,4-5,10-13,20H2,1-3H3,(H,21,24);1H. The Morgan fingerprint density at radius 3 is 2.16 bits per heavy atom. The van der Waals surface area contributed by atoms with Crippen LogP contribution in [0.1, 0.15) is 52.0 Å². The van der Waals surface area contributed by atoms with Crippen molar-refractivity contribution in [2.24, 2.45) is 11.1 Å². The Labute approximate surface area is 156 Å². The number of amides is 2. The summed E-state index contributed by atoms with van der Waals surface area (Å²) in [4.78, 5) is 26.2. The maximum Gasteiger partial charge on any atom is 0.231 e. The van der Waals surface area contributed by atoms with E-state index in [1.807, 2.05) is 43.0 Å². The molecule has 1 saturated carbocycles. The minimum atomic E-state index is -0.504. The van der Waals surface area contributed by atoms with E-state index in [2.05, 4.69) is 5.32 Å². The lowest BCUT2D eigenvalue weighted by molar-refractivity contribution is -0.130. The van der Waals surface area contributed by atoms with E-state index in [9.17, 15) is 9.59 Å². The average Bonchev–Trinajstić information content (AvgIpc) is 3.41. The number of nitrogens with two attached hydrogens (primary N) is 1. The summed E-state index contributed by atoms with van der Waals surface area (Å²) in [5.74, 6) is 0.0968. The van der Waals surface area contributed by atoms with Crippen LogP contribution in [-0.4, -0.2) is 29.3 Å². The highest BCUT2D eigenvalue weighted by molar-refractivity contribution is 5.95. The molecular formula is C19H30ClN3O2. The molecule has 3 N–H and O–H groups in total. The molecule has 0 atom stereocenters. The third kappa shape index (κ3) is 5.19. The van der Waals surface area contributed by atoms with Crippen molar-refractivity contribution in [1.29, 1.82) is 0 Å². The lowest BCUT2D eigenvalue weighted by Crippen LogP contribution is -2.41. The fourth-order valence-corrected chi connectivity index (χ4v) is 2.99. The SMILES string of the molecule is CCC(CC)(CN)C(=O)Nc1ccc(CN(C(C)=O)C2CC2)cc1.Cl. The molecule has 1 aromatic rings. The first-order valence-electron chi connectivity index (χ1n) is 8.83. The lowest BCUT2D eigenvalue weighted by Gasteiger charge is -2.28. The maximum atomic E-state index is 12.5. The molecule has 2 amide bonds. The Morgan fingerprint density at radius 2 is 1.76 bits per heavy atom. The Hall–Kier alpha value is -1.59. The molecule has 0 radical (unpaired) electrons. The Bertz CT molecular complexity index is 573. The van der Waals surface area contributed by atoms with Crippen LogP contribution in [0.5, 0.6) is 0 Å². The van der Waals surface area contributed by atoms with Gasteiger partial charge in [0.25, 0.3) is 0 Å². The van der Waals surface area contributed by atoms with Crippen LogP contribution < -0.4 is 11.1 Å². The second-order valence-electron chi connectivity index (χ2n) is 6.72. The monoisotopic (exact) mass is 367 g/mol. The van der Waals surface area contributed by atoms with E-state index in [0.29, 0.717) is 19.1 Å². The Balaban J connectivity index is 0.00000312. The summed E-state index contributed by atoms with van der Waals surface area (Å²) in [6.45, 7) is 6.58. The van der Waals surface area contributed by atoms with Gasteiger partial charge in [-0.3, -0.25) is 9.59 Å². The predicted molar refractivity (Wildman–Crippen MR) is 104 cm³/mol. The van der Waals surface area contributed by atoms with E-state index in [1.165, 1.54) is 0 Å². The second kappa shape index (κ2) is 9.20. The normalized spacial score (nSPS) is 13.8. The van der Waals surface area contributed by atoms with E-state index in [-0.39, 0.29) is 24.2 Å². The van der Waals surface area contributed by atoms with Gasteiger partial charge in [-0.15, -0.1) is 12.4 Å². The molecule has 1 aliphatic rings. The molecule has 0 spiro atoms. The first kappa shape index (κ1) is 21.5. The summed E-state index contributed by atoms with van der Waals surface area (Å²) in [6, 6.07) is 8.13. The van der Waals surface area contributed by atoms with Gasteiger partial charge in [-0.25, -0.2) is 0 Å². The first-order valence-corrected chi connectivity index (χ1v) is 8.83. The van der Waals surface area contributed by atoms with Gasteiger partial charge in [-0.05, 0) is 43.4 Å². The van der Waals surface area contributed by atoms with Crippen LogP contribution in [0, 0.1) is 5.41 Å². The molecule has 5 nitrogen and oxygen atoms in total. The number of carbonyl (C=O) groups excluding carboxylic acids is 2. The van der Waals surface area contributed by atoms with Crippen molar-refractivity contribution in [1.82, 2.24) is 4.90 Å². The highest BCUT2D eigenvalue weighted by Gasteiger charge is 2.33. The lowest BCUT2D eigenvalue weighted by atomic mass is 9.81. The molecule has 25 heavy (non-hydrogen) atoms. The zero-order chi connectivity index (χ0) is 17.7. The molecular weight excluding hydrogens is 338 g/mol. The number of benzene rings is 1. The number of nitrogens with one attached hydrogen (secondary N) is 1. The van der Waals surface area contributed by atoms with Crippen molar-refractivity contribution in [2.45, 2.75) is 59.0 Å². The highest BCUT2D eigenvalue weighted by atomic mass is 35.5. The summed E-state index contributed by atoms with van der Waals surface area (Å²) >= 11 is 0. The molecule has 0 saturated heterocycles. The van der Waals surface area contributed by atoms with Gasteiger partial charge in [0.2, 0.25) is 11.8 Å². The van der Waals surface area contributed by atoms with Gasteiger partial charge in [0.05, 0.1) is 5.41 Å². The van der Waals surface area contributed by atoms with Crippen LogP contribution in [0.25, 0.3) is 0 Å². The molecule has 140 valence electrons. The van der Waals surface area contributed by atoms with E-state index in [1.54, 1.807) is 6.92 Å². The van der Waals surface area contributed by atoms with Crippen molar-refractivity contribution in [3.63, 3.8) is 0 Å². The molecule has 2 rings (SSSR count). The molecule has 1 aromatic carbocycles. The Morgan fingerprint density at radius 1 is 1.20 bits per heavy atom. The van der Waals surface area contributed by atoms with Crippen LogP contribution in [-0.2, 0) is 16.1 Å². The van der Waals surface area contributed by atoms with Gasteiger partial charge in [0.1, 0.15) is 0 Å². The maximum absolute atomic E-state index is 12.5. The van der Waals surface area contributed by atoms with Crippen LogP contribution in [0.15, 0.2) is 24.3 Å². The number of carbonyl (C=O) groups is 2. The molecule has 0 unspecified atom stereocenters. The van der Waals surface area contributed by atoms with Crippen LogP contribution in [0.3, 0.4) is 0 Å². The molecule has 1 aliphatic carbocycles. The van der Waals surface area contributed by atoms with E-state index < -0.39 is 5.41 Å². The summed E-state index contributed by atoms with van der Waals surface area (Å²) in [6.07, 6.45) is 3.64. The number of anilines is 1. The van der Waals surface area contributed by atoms with Gasteiger partial charge >= 0.3 is 0 Å². The van der Waals surface area contributed by atoms with E-state index in [4.69, 9.17) is 5.73 Å². The number of hydrogen-bond donors (Lipinski definition) is 2. The quantitative estimate of drug-likeness (QED) is 0.740. The molecule has 1 fully saturated rings. The van der Waals surface area contributed by atoms with Crippen molar-refractivity contribution >= 4 is 29.9 Å². The minimum absolute atomic E-state index is 0. The summed E-state index contributed by atoms with van der Waals surface area (Å²) in [5, 5.41) is 2.97. The van der Waals surface area contributed by atoms with Crippen molar-refractivity contribution in [3.8, 4) is 0 Å². The number of halogens is 1. The number of nitrogens with zero attached hydrogens (tertiary/aromatic N) is 1. The number of hydrogen-bond acceptors (Lipinski definition) is 3. The van der Waals surface area contributed by atoms with Gasteiger partial charge < -0.3 is 16.0 Å². The van der Waals surface area contributed by atoms with Crippen molar-refractivity contribution < 1.29 is 9.59 Å². The van der Waals surface area contributed by atoms with Crippen LogP contribution in [0.4, 0.5) is 5.69 Å². The molecule has 0 bridgehead atoms. The van der Waals surface area contributed by atoms with Gasteiger partial charge in [0.15, 0.2) is 0 Å². The molecule has 0 aromatic heterocycles. The number of rotatable bonds is 8. The summed E-state index contributed by atoms with van der Waals surface area (Å²) < 4.78 is 0. The smallest absolute Gasteiger partial charge is 0.231 e. The van der Waals surface area contributed by atoms with Crippen LogP contribution >= 0.6 is 12.4 Å². The minimum Gasteiger partial charge on any atom is -0.336 e. The third-order valence-electron chi connectivity index (χ3n) is 5.18. The Kier molecular flexibility index (Phi) is 7.90. The van der Waals surface area contributed by atoms with Crippen molar-refractivity contribution in [3.05, 3.63) is 29.8 Å². The van der Waals surface area contributed by atoms with Gasteiger partial charge in [-0.1, -0.05) is 26.0 Å². The highest BCUT2D eigenvalue weighted by Crippen LogP contribution is 2.29.